The molecule has 1 aliphatic carbocycles. The zero-order valence-corrected chi connectivity index (χ0v) is 14.5. The molecule has 0 aliphatic heterocycles. The quantitative estimate of drug-likeness (QED) is 0.895. The Morgan fingerprint density at radius 2 is 1.88 bits per heavy atom. The molecule has 2 aromatic carbocycles. The van der Waals surface area contributed by atoms with Crippen LogP contribution in [0.25, 0.3) is 0 Å². The lowest BCUT2D eigenvalue weighted by Gasteiger charge is -2.14. The van der Waals surface area contributed by atoms with Crippen LogP contribution in [0.15, 0.2) is 36.4 Å². The molecule has 0 saturated carbocycles. The van der Waals surface area contributed by atoms with Crippen LogP contribution < -0.4 is 10.0 Å². The van der Waals surface area contributed by atoms with Gasteiger partial charge in [-0.25, -0.2) is 8.42 Å². The fourth-order valence-electron chi connectivity index (χ4n) is 3.07. The summed E-state index contributed by atoms with van der Waals surface area (Å²) >= 11 is 0. The van der Waals surface area contributed by atoms with Crippen molar-refractivity contribution >= 4 is 27.3 Å². The predicted molar refractivity (Wildman–Crippen MR) is 96.1 cm³/mol. The highest BCUT2D eigenvalue weighted by Crippen LogP contribution is 2.28. The third-order valence-corrected chi connectivity index (χ3v) is 4.70. The predicted octanol–water partition coefficient (Wildman–Crippen LogP) is 3.11. The highest BCUT2D eigenvalue weighted by Gasteiger charge is 2.19. The van der Waals surface area contributed by atoms with E-state index < -0.39 is 10.0 Å². The number of fused-ring (bicyclic) bond motifs is 1. The van der Waals surface area contributed by atoms with E-state index in [4.69, 9.17) is 0 Å². The summed E-state index contributed by atoms with van der Waals surface area (Å²) in [6.45, 7) is 1.89. The smallest absolute Gasteiger partial charge is 0.256 e. The minimum Gasteiger partial charge on any atom is -0.320 e. The van der Waals surface area contributed by atoms with E-state index in [1.807, 2.05) is 19.1 Å². The molecule has 0 fully saturated rings. The molecule has 3 rings (SSSR count). The Labute approximate surface area is 142 Å². The van der Waals surface area contributed by atoms with Crippen molar-refractivity contribution < 1.29 is 13.2 Å². The van der Waals surface area contributed by atoms with Gasteiger partial charge in [-0.2, -0.15) is 0 Å². The second-order valence-corrected chi connectivity index (χ2v) is 7.92. The maximum Gasteiger partial charge on any atom is 0.256 e. The van der Waals surface area contributed by atoms with E-state index in [1.54, 1.807) is 18.2 Å². The maximum atomic E-state index is 12.7. The van der Waals surface area contributed by atoms with Gasteiger partial charge in [-0.3, -0.25) is 9.52 Å². The van der Waals surface area contributed by atoms with Crippen molar-refractivity contribution in [2.24, 2.45) is 0 Å². The number of nitrogens with one attached hydrogen (secondary N) is 2. The van der Waals surface area contributed by atoms with E-state index in [0.29, 0.717) is 16.9 Å². The van der Waals surface area contributed by atoms with E-state index in [0.717, 1.165) is 36.6 Å². The summed E-state index contributed by atoms with van der Waals surface area (Å²) in [5.74, 6) is -0.212. The molecule has 5 nitrogen and oxygen atoms in total. The molecule has 0 saturated heterocycles. The molecule has 126 valence electrons. The third kappa shape index (κ3) is 3.59. The first-order chi connectivity index (χ1) is 11.3. The minimum absolute atomic E-state index is 0.212. The summed E-state index contributed by atoms with van der Waals surface area (Å²) in [6, 6.07) is 11.0. The Hall–Kier alpha value is -2.34. The lowest BCUT2D eigenvalue weighted by atomic mass is 10.0. The van der Waals surface area contributed by atoms with E-state index in [9.17, 15) is 13.2 Å². The molecule has 6 heteroatoms. The average Bonchev–Trinajstić information content (AvgIpc) is 2.97. The number of carbonyl (C=O) groups excluding carboxylic acids is 1. The Morgan fingerprint density at radius 3 is 2.62 bits per heavy atom. The normalized spacial score (nSPS) is 13.4. The summed E-state index contributed by atoms with van der Waals surface area (Å²) < 4.78 is 25.5. The number of anilines is 2. The number of sulfonamides is 1. The van der Waals surface area contributed by atoms with Gasteiger partial charge in [0.25, 0.3) is 5.91 Å². The van der Waals surface area contributed by atoms with Gasteiger partial charge in [0, 0.05) is 5.56 Å². The molecule has 1 aliphatic rings. The Bertz CT molecular complexity index is 904. The van der Waals surface area contributed by atoms with Crippen molar-refractivity contribution in [2.75, 3.05) is 16.3 Å². The van der Waals surface area contributed by atoms with Crippen molar-refractivity contribution in [3.63, 3.8) is 0 Å². The van der Waals surface area contributed by atoms with Gasteiger partial charge in [0.2, 0.25) is 10.0 Å². The van der Waals surface area contributed by atoms with E-state index in [2.05, 4.69) is 16.1 Å². The summed E-state index contributed by atoms with van der Waals surface area (Å²) in [6.07, 6.45) is 4.05. The Morgan fingerprint density at radius 1 is 1.08 bits per heavy atom. The van der Waals surface area contributed by atoms with E-state index in [1.165, 1.54) is 5.56 Å². The van der Waals surface area contributed by atoms with Crippen LogP contribution in [0.1, 0.15) is 33.5 Å². The number of aryl methyl sites for hydroxylation is 2. The number of benzene rings is 2. The van der Waals surface area contributed by atoms with Gasteiger partial charge in [-0.05, 0) is 61.1 Å². The van der Waals surface area contributed by atoms with Gasteiger partial charge in [-0.1, -0.05) is 18.2 Å². The van der Waals surface area contributed by atoms with E-state index in [-0.39, 0.29) is 5.91 Å². The highest BCUT2D eigenvalue weighted by molar-refractivity contribution is 7.92. The summed E-state index contributed by atoms with van der Waals surface area (Å²) in [7, 11) is -3.42. The van der Waals surface area contributed by atoms with Crippen LogP contribution in [-0.4, -0.2) is 20.6 Å². The summed E-state index contributed by atoms with van der Waals surface area (Å²) in [4.78, 5) is 12.7. The standard InChI is InChI=1S/C18H20N2O3S/c1-12-9-10-16(20-24(2,22)23)17(11-12)19-18(21)15-8-4-6-13-5-3-7-14(13)15/h4,6,8-11,20H,3,5,7H2,1-2H3,(H,19,21). The van der Waals surface area contributed by atoms with Crippen LogP contribution in [0.3, 0.4) is 0 Å². The van der Waals surface area contributed by atoms with Crippen LogP contribution in [0.4, 0.5) is 11.4 Å². The molecule has 2 aromatic rings. The highest BCUT2D eigenvalue weighted by atomic mass is 32.2. The first-order valence-corrected chi connectivity index (χ1v) is 9.73. The molecule has 0 spiro atoms. The molecule has 0 radical (unpaired) electrons. The molecule has 1 amide bonds. The molecule has 0 unspecified atom stereocenters. The molecule has 24 heavy (non-hydrogen) atoms. The monoisotopic (exact) mass is 344 g/mol. The first kappa shape index (κ1) is 16.5. The fourth-order valence-corrected chi connectivity index (χ4v) is 3.65. The largest absolute Gasteiger partial charge is 0.320 e. The number of amides is 1. The SMILES string of the molecule is Cc1ccc(NS(C)(=O)=O)c(NC(=O)c2cccc3c2CCC3)c1. The van der Waals surface area contributed by atoms with Crippen LogP contribution in [0.5, 0.6) is 0 Å². The van der Waals surface area contributed by atoms with E-state index >= 15 is 0 Å². The third-order valence-electron chi connectivity index (χ3n) is 4.11. The Balaban J connectivity index is 1.92. The molecule has 0 heterocycles. The van der Waals surface area contributed by atoms with Gasteiger partial charge < -0.3 is 5.32 Å². The van der Waals surface area contributed by atoms with Crippen LogP contribution in [0, 0.1) is 6.92 Å². The van der Waals surface area contributed by atoms with Crippen molar-refractivity contribution in [2.45, 2.75) is 26.2 Å². The fraction of sp³-hybridized carbons (Fsp3) is 0.278. The topological polar surface area (TPSA) is 75.3 Å². The molecule has 0 bridgehead atoms. The molecule has 2 N–H and O–H groups in total. The Kier molecular flexibility index (Phi) is 4.32. The van der Waals surface area contributed by atoms with Crippen molar-refractivity contribution in [1.29, 1.82) is 0 Å². The van der Waals surface area contributed by atoms with Gasteiger partial charge in [-0.15, -0.1) is 0 Å². The summed E-state index contributed by atoms with van der Waals surface area (Å²) in [5.41, 5.74) is 4.74. The molecular formula is C18H20N2O3S. The first-order valence-electron chi connectivity index (χ1n) is 7.84. The zero-order chi connectivity index (χ0) is 17.3. The number of carbonyl (C=O) groups is 1. The van der Waals surface area contributed by atoms with Gasteiger partial charge in [0.05, 0.1) is 17.6 Å². The van der Waals surface area contributed by atoms with Crippen molar-refractivity contribution in [1.82, 2.24) is 0 Å². The van der Waals surface area contributed by atoms with Gasteiger partial charge in [0.1, 0.15) is 0 Å². The number of hydrogen-bond acceptors (Lipinski definition) is 3. The number of rotatable bonds is 4. The van der Waals surface area contributed by atoms with Crippen LogP contribution in [0.2, 0.25) is 0 Å². The second kappa shape index (κ2) is 6.28. The summed E-state index contributed by atoms with van der Waals surface area (Å²) in [5, 5.41) is 2.85. The van der Waals surface area contributed by atoms with Gasteiger partial charge >= 0.3 is 0 Å². The average molecular weight is 344 g/mol. The second-order valence-electron chi connectivity index (χ2n) is 6.17. The maximum absolute atomic E-state index is 12.7. The van der Waals surface area contributed by atoms with Crippen LogP contribution >= 0.6 is 0 Å². The zero-order valence-electron chi connectivity index (χ0n) is 13.7. The minimum atomic E-state index is -3.42. The molecule has 0 aromatic heterocycles. The van der Waals surface area contributed by atoms with Crippen molar-refractivity contribution in [3.8, 4) is 0 Å². The van der Waals surface area contributed by atoms with Gasteiger partial charge in [0.15, 0.2) is 0 Å². The molecule has 0 atom stereocenters. The number of hydrogen-bond donors (Lipinski definition) is 2. The molecular weight excluding hydrogens is 324 g/mol. The van der Waals surface area contributed by atoms with Crippen molar-refractivity contribution in [3.05, 3.63) is 58.7 Å². The lowest BCUT2D eigenvalue weighted by Crippen LogP contribution is -2.17. The lowest BCUT2D eigenvalue weighted by molar-refractivity contribution is 0.102. The van der Waals surface area contributed by atoms with Crippen LogP contribution in [-0.2, 0) is 22.9 Å².